The first kappa shape index (κ1) is 11.0. The Morgan fingerprint density at radius 3 is 2.27 bits per heavy atom. The summed E-state index contributed by atoms with van der Waals surface area (Å²) in [6.45, 7) is 0.389. The Balaban J connectivity index is 0.000001000. The molecule has 0 unspecified atom stereocenters. The summed E-state index contributed by atoms with van der Waals surface area (Å²) in [6, 6.07) is -1.47. The van der Waals surface area contributed by atoms with E-state index < -0.39 is 12.2 Å². The van der Waals surface area contributed by atoms with E-state index in [9.17, 15) is 13.2 Å². The van der Waals surface area contributed by atoms with E-state index in [0.29, 0.717) is 6.61 Å². The number of alkyl halides is 3. The summed E-state index contributed by atoms with van der Waals surface area (Å²) in [4.78, 5) is 0. The minimum atomic E-state index is -4.17. The van der Waals surface area contributed by atoms with Gasteiger partial charge in [-0.1, -0.05) is 0 Å². The van der Waals surface area contributed by atoms with E-state index in [1.54, 1.807) is 0 Å². The standard InChI is InChI=1S/C5H8F3NO.ClH/c6-5(7,8)4-3-10-2-1-9-4;/h4,9H,1-3H2;1H/t4-;/m1./s1. The van der Waals surface area contributed by atoms with Gasteiger partial charge in [-0.3, -0.25) is 0 Å². The summed E-state index contributed by atoms with van der Waals surface area (Å²) in [7, 11) is 0. The molecule has 68 valence electrons. The summed E-state index contributed by atoms with van der Waals surface area (Å²) in [5.41, 5.74) is 0. The van der Waals surface area contributed by atoms with Gasteiger partial charge in [-0.2, -0.15) is 13.2 Å². The van der Waals surface area contributed by atoms with E-state index in [0.717, 1.165) is 0 Å². The fraction of sp³-hybridized carbons (Fsp3) is 1.00. The first-order valence-electron chi connectivity index (χ1n) is 2.98. The molecule has 1 fully saturated rings. The summed E-state index contributed by atoms with van der Waals surface area (Å²) >= 11 is 0. The first-order chi connectivity index (χ1) is 4.61. The molecule has 0 aliphatic carbocycles. The van der Waals surface area contributed by atoms with Gasteiger partial charge in [0.25, 0.3) is 0 Å². The third kappa shape index (κ3) is 3.27. The Bertz CT molecular complexity index is 113. The maximum absolute atomic E-state index is 11.8. The molecule has 1 rings (SSSR count). The molecule has 0 spiro atoms. The number of hydrogen-bond donors (Lipinski definition) is 1. The SMILES string of the molecule is Cl.FC(F)(F)[C@H]1COCCN1. The average molecular weight is 192 g/mol. The largest absolute Gasteiger partial charge is 0.406 e. The van der Waals surface area contributed by atoms with E-state index in [4.69, 9.17) is 0 Å². The third-order valence-corrected chi connectivity index (χ3v) is 1.32. The van der Waals surface area contributed by atoms with E-state index in [-0.39, 0.29) is 25.6 Å². The molecule has 1 aliphatic heterocycles. The van der Waals surface area contributed by atoms with Crippen LogP contribution in [0, 0.1) is 0 Å². The highest BCUT2D eigenvalue weighted by Crippen LogP contribution is 2.21. The van der Waals surface area contributed by atoms with Crippen molar-refractivity contribution in [2.75, 3.05) is 19.8 Å². The molecule has 0 radical (unpaired) electrons. The minimum Gasteiger partial charge on any atom is -0.378 e. The second-order valence-corrected chi connectivity index (χ2v) is 2.12. The molecule has 1 N–H and O–H groups in total. The van der Waals surface area contributed by atoms with Crippen molar-refractivity contribution in [1.82, 2.24) is 5.32 Å². The van der Waals surface area contributed by atoms with Crippen molar-refractivity contribution in [1.29, 1.82) is 0 Å². The third-order valence-electron chi connectivity index (χ3n) is 1.32. The first-order valence-corrected chi connectivity index (χ1v) is 2.98. The van der Waals surface area contributed by atoms with Crippen molar-refractivity contribution in [2.24, 2.45) is 0 Å². The second-order valence-electron chi connectivity index (χ2n) is 2.12. The van der Waals surface area contributed by atoms with Crippen LogP contribution in [0.1, 0.15) is 0 Å². The Hall–Kier alpha value is -0.0000000000000000416. The molecule has 2 nitrogen and oxygen atoms in total. The molecule has 6 heteroatoms. The Labute approximate surface area is 68.5 Å². The molecule has 0 bridgehead atoms. The monoisotopic (exact) mass is 191 g/mol. The van der Waals surface area contributed by atoms with Gasteiger partial charge in [0.15, 0.2) is 0 Å². The molecule has 0 aromatic carbocycles. The molecule has 11 heavy (non-hydrogen) atoms. The van der Waals surface area contributed by atoms with Crippen LogP contribution in [0.4, 0.5) is 13.2 Å². The molecule has 1 saturated heterocycles. The van der Waals surface area contributed by atoms with Crippen molar-refractivity contribution >= 4 is 12.4 Å². The van der Waals surface area contributed by atoms with Crippen LogP contribution in [0.3, 0.4) is 0 Å². The van der Waals surface area contributed by atoms with Gasteiger partial charge in [-0.25, -0.2) is 0 Å². The Morgan fingerprint density at radius 1 is 1.36 bits per heavy atom. The van der Waals surface area contributed by atoms with Crippen LogP contribution in [0.25, 0.3) is 0 Å². The average Bonchev–Trinajstić information content (AvgIpc) is 1.88. The number of nitrogens with one attached hydrogen (secondary N) is 1. The van der Waals surface area contributed by atoms with Crippen molar-refractivity contribution < 1.29 is 17.9 Å². The maximum atomic E-state index is 11.8. The molecular formula is C5H9ClF3NO. The Morgan fingerprint density at radius 2 is 2.00 bits per heavy atom. The number of halogens is 4. The second kappa shape index (κ2) is 4.13. The molecule has 0 amide bonds. The van der Waals surface area contributed by atoms with Crippen molar-refractivity contribution in [2.45, 2.75) is 12.2 Å². The van der Waals surface area contributed by atoms with Crippen LogP contribution in [-0.4, -0.2) is 32.0 Å². The molecule has 0 aromatic heterocycles. The minimum absolute atomic E-state index is 0. The predicted molar refractivity (Wildman–Crippen MR) is 35.9 cm³/mol. The zero-order chi connectivity index (χ0) is 7.61. The summed E-state index contributed by atoms with van der Waals surface area (Å²) in [5.74, 6) is 0. The zero-order valence-corrected chi connectivity index (χ0v) is 6.47. The van der Waals surface area contributed by atoms with Gasteiger partial charge in [-0.15, -0.1) is 12.4 Å². The molecule has 0 saturated carbocycles. The van der Waals surface area contributed by atoms with Gasteiger partial charge in [-0.05, 0) is 0 Å². The molecule has 0 aromatic rings. The molecule has 1 heterocycles. The molecular weight excluding hydrogens is 183 g/mol. The lowest BCUT2D eigenvalue weighted by molar-refractivity contribution is -0.176. The number of morpholine rings is 1. The lowest BCUT2D eigenvalue weighted by Crippen LogP contribution is -2.50. The summed E-state index contributed by atoms with van der Waals surface area (Å²) in [6.07, 6.45) is -4.17. The van der Waals surface area contributed by atoms with Gasteiger partial charge in [0.05, 0.1) is 13.2 Å². The van der Waals surface area contributed by atoms with E-state index in [1.165, 1.54) is 0 Å². The van der Waals surface area contributed by atoms with Crippen molar-refractivity contribution in [3.05, 3.63) is 0 Å². The topological polar surface area (TPSA) is 21.3 Å². The lowest BCUT2D eigenvalue weighted by atomic mass is 10.3. The number of hydrogen-bond acceptors (Lipinski definition) is 2. The van der Waals surface area contributed by atoms with Gasteiger partial charge in [0, 0.05) is 6.54 Å². The van der Waals surface area contributed by atoms with Crippen LogP contribution < -0.4 is 5.32 Å². The highest BCUT2D eigenvalue weighted by molar-refractivity contribution is 5.85. The van der Waals surface area contributed by atoms with Crippen LogP contribution in [0.5, 0.6) is 0 Å². The maximum Gasteiger partial charge on any atom is 0.406 e. The van der Waals surface area contributed by atoms with E-state index in [1.807, 2.05) is 0 Å². The quantitative estimate of drug-likeness (QED) is 0.616. The number of ether oxygens (including phenoxy) is 1. The van der Waals surface area contributed by atoms with Crippen LogP contribution >= 0.6 is 12.4 Å². The summed E-state index contributed by atoms with van der Waals surface area (Å²) in [5, 5.41) is 2.31. The molecule has 1 atom stereocenters. The highest BCUT2D eigenvalue weighted by Gasteiger charge is 2.40. The van der Waals surface area contributed by atoms with Gasteiger partial charge < -0.3 is 10.1 Å². The fourth-order valence-electron chi connectivity index (χ4n) is 0.776. The fourth-order valence-corrected chi connectivity index (χ4v) is 0.776. The molecule has 1 aliphatic rings. The Kier molecular flexibility index (Phi) is 4.13. The lowest BCUT2D eigenvalue weighted by Gasteiger charge is -2.25. The highest BCUT2D eigenvalue weighted by atomic mass is 35.5. The van der Waals surface area contributed by atoms with Crippen molar-refractivity contribution in [3.8, 4) is 0 Å². The summed E-state index contributed by atoms with van der Waals surface area (Å²) < 4.78 is 40.0. The predicted octanol–water partition coefficient (Wildman–Crippen LogP) is 0.959. The van der Waals surface area contributed by atoms with Gasteiger partial charge in [0.1, 0.15) is 6.04 Å². The van der Waals surface area contributed by atoms with Gasteiger partial charge in [0.2, 0.25) is 0 Å². The van der Waals surface area contributed by atoms with E-state index in [2.05, 4.69) is 10.1 Å². The van der Waals surface area contributed by atoms with Crippen LogP contribution in [0.2, 0.25) is 0 Å². The smallest absolute Gasteiger partial charge is 0.378 e. The van der Waals surface area contributed by atoms with Crippen LogP contribution in [-0.2, 0) is 4.74 Å². The van der Waals surface area contributed by atoms with Crippen LogP contribution in [0.15, 0.2) is 0 Å². The zero-order valence-electron chi connectivity index (χ0n) is 5.65. The number of rotatable bonds is 0. The van der Waals surface area contributed by atoms with Gasteiger partial charge >= 0.3 is 6.18 Å². The van der Waals surface area contributed by atoms with E-state index >= 15 is 0 Å². The normalized spacial score (nSPS) is 25.9. The van der Waals surface area contributed by atoms with Crippen molar-refractivity contribution in [3.63, 3.8) is 0 Å².